The normalized spacial score (nSPS) is 14.0. The van der Waals surface area contributed by atoms with Gasteiger partial charge in [0.25, 0.3) is 0 Å². The van der Waals surface area contributed by atoms with Crippen LogP contribution in [0, 0.1) is 6.92 Å². The Morgan fingerprint density at radius 1 is 1.07 bits per heavy atom. The number of fused-ring (bicyclic) bond motifs is 2. The van der Waals surface area contributed by atoms with Gasteiger partial charge in [0.2, 0.25) is 0 Å². The van der Waals surface area contributed by atoms with Gasteiger partial charge in [-0.25, -0.2) is 9.97 Å². The van der Waals surface area contributed by atoms with Gasteiger partial charge >= 0.3 is 0 Å². The van der Waals surface area contributed by atoms with Crippen LogP contribution in [0.2, 0.25) is 0 Å². The summed E-state index contributed by atoms with van der Waals surface area (Å²) >= 11 is 0. The van der Waals surface area contributed by atoms with E-state index in [-0.39, 0.29) is 0 Å². The number of aryl methyl sites for hydroxylation is 3. The predicted molar refractivity (Wildman–Crippen MR) is 109 cm³/mol. The van der Waals surface area contributed by atoms with Gasteiger partial charge in [-0.2, -0.15) is 5.10 Å². The van der Waals surface area contributed by atoms with Crippen LogP contribution in [0.15, 0.2) is 24.5 Å². The molecule has 1 aliphatic rings. The highest BCUT2D eigenvalue weighted by Gasteiger charge is 2.18. The zero-order chi connectivity index (χ0) is 19.8. The molecule has 29 heavy (non-hydrogen) atoms. The fourth-order valence-electron chi connectivity index (χ4n) is 3.94. The Balaban J connectivity index is 1.53. The fourth-order valence-corrected chi connectivity index (χ4v) is 3.94. The molecule has 0 unspecified atom stereocenters. The minimum Gasteiger partial charge on any atom is -0.362 e. The number of anilines is 1. The van der Waals surface area contributed by atoms with Crippen molar-refractivity contribution in [3.8, 4) is 11.4 Å². The van der Waals surface area contributed by atoms with Crippen LogP contribution < -0.4 is 5.32 Å². The van der Waals surface area contributed by atoms with E-state index in [1.807, 2.05) is 26.1 Å². The van der Waals surface area contributed by atoms with E-state index in [9.17, 15) is 0 Å². The number of nitrogens with zero attached hydrogens (tertiary/aromatic N) is 8. The highest BCUT2D eigenvalue weighted by molar-refractivity contribution is 5.90. The molecule has 0 atom stereocenters. The quantitative estimate of drug-likeness (QED) is 0.573. The van der Waals surface area contributed by atoms with Gasteiger partial charge in [-0.05, 0) is 31.9 Å². The van der Waals surface area contributed by atoms with E-state index in [0.717, 1.165) is 52.7 Å². The number of hydrogen-bond acceptors (Lipinski definition) is 7. The topological polar surface area (TPSA) is 99.2 Å². The summed E-state index contributed by atoms with van der Waals surface area (Å²) in [7, 11) is 1.90. The second-order valence-electron chi connectivity index (χ2n) is 7.39. The first-order valence-corrected chi connectivity index (χ1v) is 9.97. The maximum Gasteiger partial charge on any atom is 0.164 e. The number of aromatic nitrogens is 8. The molecule has 0 saturated carbocycles. The van der Waals surface area contributed by atoms with Crippen LogP contribution in [0.4, 0.5) is 5.82 Å². The molecule has 0 aliphatic carbocycles. The van der Waals surface area contributed by atoms with E-state index in [4.69, 9.17) is 9.97 Å². The lowest BCUT2D eigenvalue weighted by Crippen LogP contribution is -2.11. The van der Waals surface area contributed by atoms with Crippen molar-refractivity contribution in [1.82, 2.24) is 39.5 Å². The largest absolute Gasteiger partial charge is 0.362 e. The third kappa shape index (κ3) is 3.22. The number of rotatable bonds is 4. The maximum absolute atomic E-state index is 4.81. The molecule has 0 aromatic carbocycles. The molecule has 0 spiro atoms. The molecule has 1 N–H and O–H groups in total. The van der Waals surface area contributed by atoms with Gasteiger partial charge in [0.05, 0.1) is 17.6 Å². The summed E-state index contributed by atoms with van der Waals surface area (Å²) in [6.07, 6.45) is 8.09. The molecule has 0 fully saturated rings. The third-order valence-electron chi connectivity index (χ3n) is 5.40. The first-order valence-electron chi connectivity index (χ1n) is 9.97. The molecule has 4 aromatic heterocycles. The molecular weight excluding hydrogens is 366 g/mol. The molecule has 0 amide bonds. The van der Waals surface area contributed by atoms with Crippen LogP contribution in [0.3, 0.4) is 0 Å². The van der Waals surface area contributed by atoms with Crippen LogP contribution in [0.25, 0.3) is 22.4 Å². The Hall–Kier alpha value is -3.36. The number of pyridine rings is 1. The molecule has 9 nitrogen and oxygen atoms in total. The SMILES string of the molecule is Cc1nn(C)c2nc(-c3ccncc3)nc(NCc3nnc4n3CCCCC4)c12. The molecule has 0 bridgehead atoms. The standard InChI is InChI=1S/C20H23N9/c1-13-17-19(22-12-16-26-25-15-6-4-3-5-11-29(15)16)23-18(14-7-9-21-10-8-14)24-20(17)28(2)27-13/h7-10H,3-6,11-12H2,1-2H3,(H,22,23,24). The van der Waals surface area contributed by atoms with Gasteiger partial charge in [-0.15, -0.1) is 10.2 Å². The van der Waals surface area contributed by atoms with E-state index in [2.05, 4.69) is 30.2 Å². The van der Waals surface area contributed by atoms with Crippen molar-refractivity contribution < 1.29 is 0 Å². The average molecular weight is 389 g/mol. The second-order valence-corrected chi connectivity index (χ2v) is 7.39. The first kappa shape index (κ1) is 17.7. The van der Waals surface area contributed by atoms with E-state index >= 15 is 0 Å². The van der Waals surface area contributed by atoms with Gasteiger partial charge in [0.1, 0.15) is 11.6 Å². The van der Waals surface area contributed by atoms with Gasteiger partial charge in [0.15, 0.2) is 17.3 Å². The molecular formula is C20H23N9. The summed E-state index contributed by atoms with van der Waals surface area (Å²) in [5.41, 5.74) is 2.61. The van der Waals surface area contributed by atoms with Crippen molar-refractivity contribution >= 4 is 16.9 Å². The van der Waals surface area contributed by atoms with Crippen LogP contribution in [-0.2, 0) is 26.6 Å². The minimum absolute atomic E-state index is 0.559. The summed E-state index contributed by atoms with van der Waals surface area (Å²) in [5.74, 6) is 3.44. The minimum atomic E-state index is 0.559. The highest BCUT2D eigenvalue weighted by Crippen LogP contribution is 2.27. The third-order valence-corrected chi connectivity index (χ3v) is 5.40. The first-order chi connectivity index (χ1) is 14.2. The average Bonchev–Trinajstić information content (AvgIpc) is 3.16. The van der Waals surface area contributed by atoms with E-state index in [0.29, 0.717) is 12.4 Å². The van der Waals surface area contributed by atoms with Crippen molar-refractivity contribution in [2.24, 2.45) is 7.05 Å². The van der Waals surface area contributed by atoms with E-state index < -0.39 is 0 Å². The molecule has 1 aliphatic heterocycles. The fraction of sp³-hybridized carbons (Fsp3) is 0.400. The molecule has 148 valence electrons. The Kier molecular flexibility index (Phi) is 4.42. The Morgan fingerprint density at radius 2 is 1.93 bits per heavy atom. The smallest absolute Gasteiger partial charge is 0.164 e. The summed E-state index contributed by atoms with van der Waals surface area (Å²) in [5, 5.41) is 17.8. The van der Waals surface area contributed by atoms with E-state index in [1.165, 1.54) is 19.3 Å². The van der Waals surface area contributed by atoms with Gasteiger partial charge < -0.3 is 9.88 Å². The Bertz CT molecular complexity index is 1160. The van der Waals surface area contributed by atoms with Crippen molar-refractivity contribution in [2.75, 3.05) is 5.32 Å². The molecule has 5 rings (SSSR count). The molecule has 0 saturated heterocycles. The Labute approximate surface area is 168 Å². The van der Waals surface area contributed by atoms with Crippen LogP contribution in [0.5, 0.6) is 0 Å². The lowest BCUT2D eigenvalue weighted by molar-refractivity contribution is 0.610. The highest BCUT2D eigenvalue weighted by atomic mass is 15.3. The van der Waals surface area contributed by atoms with Crippen molar-refractivity contribution in [3.63, 3.8) is 0 Å². The van der Waals surface area contributed by atoms with Crippen molar-refractivity contribution in [3.05, 3.63) is 41.9 Å². The summed E-state index contributed by atoms with van der Waals surface area (Å²) in [6, 6.07) is 3.82. The summed E-state index contributed by atoms with van der Waals surface area (Å²) < 4.78 is 4.05. The second kappa shape index (κ2) is 7.23. The molecule has 9 heteroatoms. The number of nitrogens with one attached hydrogen (secondary N) is 1. The van der Waals surface area contributed by atoms with Gasteiger partial charge in [-0.1, -0.05) is 6.42 Å². The zero-order valence-corrected chi connectivity index (χ0v) is 16.6. The van der Waals surface area contributed by atoms with Crippen LogP contribution in [-0.4, -0.2) is 39.5 Å². The lowest BCUT2D eigenvalue weighted by atomic mass is 10.2. The van der Waals surface area contributed by atoms with Crippen LogP contribution >= 0.6 is 0 Å². The van der Waals surface area contributed by atoms with Crippen molar-refractivity contribution in [2.45, 2.75) is 45.7 Å². The van der Waals surface area contributed by atoms with Crippen LogP contribution in [0.1, 0.15) is 36.6 Å². The molecule has 4 aromatic rings. The summed E-state index contributed by atoms with van der Waals surface area (Å²) in [6.45, 7) is 3.52. The summed E-state index contributed by atoms with van der Waals surface area (Å²) in [4.78, 5) is 13.6. The maximum atomic E-state index is 4.81. The Morgan fingerprint density at radius 3 is 2.79 bits per heavy atom. The van der Waals surface area contributed by atoms with E-state index in [1.54, 1.807) is 17.1 Å². The zero-order valence-electron chi connectivity index (χ0n) is 16.6. The lowest BCUT2D eigenvalue weighted by Gasteiger charge is -2.11. The van der Waals surface area contributed by atoms with Crippen molar-refractivity contribution in [1.29, 1.82) is 0 Å². The monoisotopic (exact) mass is 389 g/mol. The van der Waals surface area contributed by atoms with Gasteiger partial charge in [-0.3, -0.25) is 9.67 Å². The molecule has 5 heterocycles. The number of hydrogen-bond donors (Lipinski definition) is 1. The molecule has 0 radical (unpaired) electrons. The predicted octanol–water partition coefficient (Wildman–Crippen LogP) is 2.66. The van der Waals surface area contributed by atoms with Gasteiger partial charge in [0, 0.05) is 38.0 Å².